The summed E-state index contributed by atoms with van der Waals surface area (Å²) < 4.78 is 2.19. The first-order chi connectivity index (χ1) is 8.49. The standard InChI is InChI=1S/C15H19NO2/c1-5-16-10(4)13(9(2)3)14-11(15(17)18)7-6-8-12(14)16/h6-9H,5H2,1-4H3,(H,17,18). The molecule has 1 N–H and O–H groups in total. The number of hydrogen-bond acceptors (Lipinski definition) is 1. The van der Waals surface area contributed by atoms with Gasteiger partial charge in [0.15, 0.2) is 0 Å². The number of carboxylic acids is 1. The fourth-order valence-electron chi connectivity index (χ4n) is 2.85. The third-order valence-corrected chi connectivity index (χ3v) is 3.52. The van der Waals surface area contributed by atoms with Crippen molar-refractivity contribution in [1.82, 2.24) is 4.57 Å². The maximum absolute atomic E-state index is 11.4. The Labute approximate surface area is 107 Å². The van der Waals surface area contributed by atoms with Crippen molar-refractivity contribution in [2.24, 2.45) is 0 Å². The van der Waals surface area contributed by atoms with Gasteiger partial charge in [-0.25, -0.2) is 4.79 Å². The zero-order valence-corrected chi connectivity index (χ0v) is 11.3. The Hall–Kier alpha value is -1.77. The lowest BCUT2D eigenvalue weighted by Gasteiger charge is -2.07. The fourth-order valence-corrected chi connectivity index (χ4v) is 2.85. The van der Waals surface area contributed by atoms with E-state index in [9.17, 15) is 9.90 Å². The SMILES string of the molecule is CCn1c(C)c(C(C)C)c2c(C(=O)O)cccc21. The number of rotatable bonds is 3. The third-order valence-electron chi connectivity index (χ3n) is 3.52. The molecule has 0 spiro atoms. The van der Waals surface area contributed by atoms with Crippen LogP contribution in [0.3, 0.4) is 0 Å². The Morgan fingerprint density at radius 1 is 1.39 bits per heavy atom. The molecule has 0 fully saturated rings. The molecule has 2 rings (SSSR count). The minimum atomic E-state index is -0.851. The van der Waals surface area contributed by atoms with Crippen LogP contribution in [-0.4, -0.2) is 15.6 Å². The minimum Gasteiger partial charge on any atom is -0.478 e. The molecule has 1 aromatic carbocycles. The van der Waals surface area contributed by atoms with Gasteiger partial charge >= 0.3 is 5.97 Å². The zero-order chi connectivity index (χ0) is 13.4. The second-order valence-corrected chi connectivity index (χ2v) is 4.90. The van der Waals surface area contributed by atoms with E-state index in [2.05, 4.69) is 32.3 Å². The van der Waals surface area contributed by atoms with Crippen molar-refractivity contribution in [3.05, 3.63) is 35.0 Å². The van der Waals surface area contributed by atoms with Gasteiger partial charge in [0, 0.05) is 23.1 Å². The Bertz CT molecular complexity index is 608. The van der Waals surface area contributed by atoms with Crippen LogP contribution in [-0.2, 0) is 6.54 Å². The van der Waals surface area contributed by atoms with Crippen LogP contribution < -0.4 is 0 Å². The first-order valence-electron chi connectivity index (χ1n) is 6.34. The maximum atomic E-state index is 11.4. The number of aryl methyl sites for hydroxylation is 1. The van der Waals surface area contributed by atoms with Crippen molar-refractivity contribution in [1.29, 1.82) is 0 Å². The first-order valence-corrected chi connectivity index (χ1v) is 6.34. The molecular weight excluding hydrogens is 226 g/mol. The number of nitrogens with zero attached hydrogens (tertiary/aromatic N) is 1. The molecule has 0 atom stereocenters. The smallest absolute Gasteiger partial charge is 0.336 e. The molecule has 96 valence electrons. The van der Waals surface area contributed by atoms with Crippen molar-refractivity contribution in [3.63, 3.8) is 0 Å². The maximum Gasteiger partial charge on any atom is 0.336 e. The van der Waals surface area contributed by atoms with Gasteiger partial charge in [-0.15, -0.1) is 0 Å². The Kier molecular flexibility index (Phi) is 3.16. The van der Waals surface area contributed by atoms with Gasteiger partial charge in [-0.3, -0.25) is 0 Å². The number of hydrogen-bond donors (Lipinski definition) is 1. The predicted molar refractivity (Wildman–Crippen MR) is 73.4 cm³/mol. The molecule has 0 saturated carbocycles. The Morgan fingerprint density at radius 2 is 2.06 bits per heavy atom. The number of benzene rings is 1. The molecular formula is C15H19NO2. The van der Waals surface area contributed by atoms with Crippen LogP contribution in [0.1, 0.15) is 48.3 Å². The molecule has 2 aromatic rings. The number of aromatic carboxylic acids is 1. The largest absolute Gasteiger partial charge is 0.478 e. The summed E-state index contributed by atoms with van der Waals surface area (Å²) in [5.74, 6) is -0.531. The quantitative estimate of drug-likeness (QED) is 0.893. The molecule has 3 nitrogen and oxygen atoms in total. The summed E-state index contributed by atoms with van der Waals surface area (Å²) in [6.45, 7) is 9.24. The summed E-state index contributed by atoms with van der Waals surface area (Å²) in [6, 6.07) is 5.52. The van der Waals surface area contributed by atoms with E-state index in [-0.39, 0.29) is 0 Å². The highest BCUT2D eigenvalue weighted by molar-refractivity contribution is 6.05. The Balaban J connectivity index is 2.96. The summed E-state index contributed by atoms with van der Waals surface area (Å²) in [5.41, 5.74) is 3.77. The van der Waals surface area contributed by atoms with Gasteiger partial charge in [-0.1, -0.05) is 19.9 Å². The van der Waals surface area contributed by atoms with Crippen LogP contribution in [0, 0.1) is 6.92 Å². The van der Waals surface area contributed by atoms with E-state index in [1.165, 1.54) is 5.69 Å². The van der Waals surface area contributed by atoms with E-state index in [0.717, 1.165) is 23.0 Å². The van der Waals surface area contributed by atoms with Crippen molar-refractivity contribution in [3.8, 4) is 0 Å². The van der Waals surface area contributed by atoms with Crippen LogP contribution in [0.2, 0.25) is 0 Å². The molecule has 0 radical (unpaired) electrons. The molecule has 3 heteroatoms. The number of carbonyl (C=O) groups is 1. The number of aromatic nitrogens is 1. The lowest BCUT2D eigenvalue weighted by atomic mass is 9.96. The molecule has 1 aromatic heterocycles. The van der Waals surface area contributed by atoms with E-state index >= 15 is 0 Å². The third kappa shape index (κ3) is 1.70. The molecule has 0 aliphatic rings. The van der Waals surface area contributed by atoms with E-state index < -0.39 is 5.97 Å². The molecule has 0 aliphatic heterocycles. The summed E-state index contributed by atoms with van der Waals surface area (Å²) in [6.07, 6.45) is 0. The van der Waals surface area contributed by atoms with Gasteiger partial charge in [-0.05, 0) is 37.5 Å². The van der Waals surface area contributed by atoms with E-state index in [0.29, 0.717) is 11.5 Å². The molecule has 1 heterocycles. The van der Waals surface area contributed by atoms with Crippen molar-refractivity contribution in [2.45, 2.75) is 40.2 Å². The van der Waals surface area contributed by atoms with E-state index in [1.54, 1.807) is 6.07 Å². The van der Waals surface area contributed by atoms with Crippen LogP contribution in [0.15, 0.2) is 18.2 Å². The van der Waals surface area contributed by atoms with Crippen molar-refractivity contribution in [2.75, 3.05) is 0 Å². The van der Waals surface area contributed by atoms with Crippen molar-refractivity contribution < 1.29 is 9.90 Å². The summed E-state index contributed by atoms with van der Waals surface area (Å²) >= 11 is 0. The average molecular weight is 245 g/mol. The van der Waals surface area contributed by atoms with Crippen LogP contribution in [0.4, 0.5) is 0 Å². The highest BCUT2D eigenvalue weighted by Gasteiger charge is 2.20. The molecule has 0 saturated heterocycles. The number of carboxylic acid groups (broad SMARTS) is 1. The monoisotopic (exact) mass is 245 g/mol. The summed E-state index contributed by atoms with van der Waals surface area (Å²) in [7, 11) is 0. The average Bonchev–Trinajstić information content (AvgIpc) is 2.59. The Morgan fingerprint density at radius 3 is 2.56 bits per heavy atom. The van der Waals surface area contributed by atoms with Crippen molar-refractivity contribution >= 4 is 16.9 Å². The summed E-state index contributed by atoms with van der Waals surface area (Å²) in [5, 5.41) is 10.3. The van der Waals surface area contributed by atoms with Crippen LogP contribution in [0.25, 0.3) is 10.9 Å². The van der Waals surface area contributed by atoms with Gasteiger partial charge in [0.25, 0.3) is 0 Å². The highest BCUT2D eigenvalue weighted by atomic mass is 16.4. The normalized spacial score (nSPS) is 11.4. The molecule has 0 aliphatic carbocycles. The second kappa shape index (κ2) is 4.48. The second-order valence-electron chi connectivity index (χ2n) is 4.90. The van der Waals surface area contributed by atoms with E-state index in [1.807, 2.05) is 12.1 Å². The van der Waals surface area contributed by atoms with E-state index in [4.69, 9.17) is 0 Å². The van der Waals surface area contributed by atoms with Gasteiger partial charge in [0.1, 0.15) is 0 Å². The lowest BCUT2D eigenvalue weighted by molar-refractivity contribution is 0.0699. The predicted octanol–water partition coefficient (Wildman–Crippen LogP) is 3.79. The van der Waals surface area contributed by atoms with Crippen LogP contribution >= 0.6 is 0 Å². The minimum absolute atomic E-state index is 0.320. The van der Waals surface area contributed by atoms with Crippen LogP contribution in [0.5, 0.6) is 0 Å². The summed E-state index contributed by atoms with van der Waals surface area (Å²) in [4.78, 5) is 11.4. The molecule has 0 unspecified atom stereocenters. The van der Waals surface area contributed by atoms with Gasteiger partial charge < -0.3 is 9.67 Å². The molecule has 0 amide bonds. The lowest BCUT2D eigenvalue weighted by Crippen LogP contribution is -1.99. The highest BCUT2D eigenvalue weighted by Crippen LogP contribution is 2.33. The van der Waals surface area contributed by atoms with Gasteiger partial charge in [0.05, 0.1) is 5.56 Å². The van der Waals surface area contributed by atoms with Gasteiger partial charge in [0.2, 0.25) is 0 Å². The topological polar surface area (TPSA) is 42.2 Å². The fraction of sp³-hybridized carbons (Fsp3) is 0.400. The van der Waals surface area contributed by atoms with Gasteiger partial charge in [-0.2, -0.15) is 0 Å². The molecule has 0 bridgehead atoms. The zero-order valence-electron chi connectivity index (χ0n) is 11.3. The first kappa shape index (κ1) is 12.7. The molecule has 18 heavy (non-hydrogen) atoms. The number of fused-ring (bicyclic) bond motifs is 1.